The summed E-state index contributed by atoms with van der Waals surface area (Å²) in [4.78, 5) is 52.8. The summed E-state index contributed by atoms with van der Waals surface area (Å²) in [7, 11) is 1.57. The Morgan fingerprint density at radius 2 is 1.89 bits per heavy atom. The summed E-state index contributed by atoms with van der Waals surface area (Å²) in [5, 5.41) is 5.21. The van der Waals surface area contributed by atoms with Crippen molar-refractivity contribution in [3.63, 3.8) is 0 Å². The molecule has 0 aromatic heterocycles. The second-order valence-corrected chi connectivity index (χ2v) is 8.72. The Kier molecular flexibility index (Phi) is 5.81. The maximum atomic E-state index is 13.1. The highest BCUT2D eigenvalue weighted by molar-refractivity contribution is 6.08. The first-order valence-corrected chi connectivity index (χ1v) is 11.3. The molecule has 0 aliphatic carbocycles. The number of nitrogens with one attached hydrogen (secondary N) is 2. The summed E-state index contributed by atoms with van der Waals surface area (Å²) in [6, 6.07) is 10.7. The Hall–Kier alpha value is -4.44. The number of ether oxygens (including phenoxy) is 2. The minimum Gasteiger partial charge on any atom is -0.482 e. The smallest absolute Gasteiger partial charge is 0.271 e. The van der Waals surface area contributed by atoms with Gasteiger partial charge in [-0.05, 0) is 34.9 Å². The number of methoxy groups -OCH3 is 1. The standard InChI is InChI=1S/C26H24N4O6/c1-14(25(33)29-10-17(11-29)35-3)27-24(32)15(2)30-12-20-18(5-4-6-19(20)26(30)34)16-7-8-21-22(9-16)36-13-23(31)28-21/h4-9,17H,1-2,10-13H2,3H3,(H,27,32)(H,28,31). The Morgan fingerprint density at radius 3 is 2.64 bits per heavy atom. The number of anilines is 1. The van der Waals surface area contributed by atoms with Gasteiger partial charge in [0.2, 0.25) is 0 Å². The lowest BCUT2D eigenvalue weighted by molar-refractivity contribution is -0.139. The zero-order valence-electron chi connectivity index (χ0n) is 19.6. The number of benzene rings is 2. The zero-order valence-corrected chi connectivity index (χ0v) is 19.6. The summed E-state index contributed by atoms with van der Waals surface area (Å²) in [6.07, 6.45) is -0.0252. The van der Waals surface area contributed by atoms with Crippen LogP contribution in [-0.4, -0.2) is 66.3 Å². The summed E-state index contributed by atoms with van der Waals surface area (Å²) >= 11 is 0. The molecular formula is C26H24N4O6. The molecule has 4 amide bonds. The minimum atomic E-state index is -0.683. The van der Waals surface area contributed by atoms with Crippen LogP contribution in [0.2, 0.25) is 0 Å². The quantitative estimate of drug-likeness (QED) is 0.597. The molecular weight excluding hydrogens is 464 g/mol. The van der Waals surface area contributed by atoms with Gasteiger partial charge in [0, 0.05) is 25.8 Å². The van der Waals surface area contributed by atoms with Crippen LogP contribution >= 0.6 is 0 Å². The minimum absolute atomic E-state index is 0.0252. The average molecular weight is 489 g/mol. The Bertz CT molecular complexity index is 1340. The van der Waals surface area contributed by atoms with Gasteiger partial charge in [-0.1, -0.05) is 31.4 Å². The molecule has 0 radical (unpaired) electrons. The topological polar surface area (TPSA) is 117 Å². The Balaban J connectivity index is 1.31. The number of hydrogen-bond donors (Lipinski definition) is 2. The first-order chi connectivity index (χ1) is 17.3. The molecule has 0 spiro atoms. The highest BCUT2D eigenvalue weighted by Crippen LogP contribution is 2.38. The lowest BCUT2D eigenvalue weighted by atomic mass is 9.96. The molecule has 1 fully saturated rings. The van der Waals surface area contributed by atoms with Gasteiger partial charge in [-0.25, -0.2) is 0 Å². The van der Waals surface area contributed by atoms with Gasteiger partial charge in [-0.15, -0.1) is 0 Å². The fraction of sp³-hybridized carbons (Fsp3) is 0.231. The van der Waals surface area contributed by atoms with E-state index in [1.165, 1.54) is 9.80 Å². The number of hydrogen-bond acceptors (Lipinski definition) is 6. The molecule has 2 N–H and O–H groups in total. The summed E-state index contributed by atoms with van der Waals surface area (Å²) in [6.45, 7) is 8.38. The molecule has 184 valence electrons. The van der Waals surface area contributed by atoms with Crippen LogP contribution in [0, 0.1) is 0 Å². The van der Waals surface area contributed by atoms with Gasteiger partial charge in [0.05, 0.1) is 24.0 Å². The van der Waals surface area contributed by atoms with Crippen LogP contribution in [0.1, 0.15) is 15.9 Å². The molecule has 0 unspecified atom stereocenters. The van der Waals surface area contributed by atoms with Crippen molar-refractivity contribution >= 4 is 29.3 Å². The molecule has 0 bridgehead atoms. The van der Waals surface area contributed by atoms with Crippen molar-refractivity contribution in [1.29, 1.82) is 0 Å². The van der Waals surface area contributed by atoms with E-state index < -0.39 is 11.8 Å². The van der Waals surface area contributed by atoms with Crippen LogP contribution in [0.5, 0.6) is 5.75 Å². The monoisotopic (exact) mass is 488 g/mol. The van der Waals surface area contributed by atoms with Crippen LogP contribution in [0.4, 0.5) is 5.69 Å². The van der Waals surface area contributed by atoms with E-state index >= 15 is 0 Å². The third-order valence-corrected chi connectivity index (χ3v) is 6.47. The van der Waals surface area contributed by atoms with E-state index in [2.05, 4.69) is 23.8 Å². The summed E-state index contributed by atoms with van der Waals surface area (Å²) < 4.78 is 10.7. The van der Waals surface area contributed by atoms with Crippen LogP contribution in [0.15, 0.2) is 61.0 Å². The van der Waals surface area contributed by atoms with Crippen molar-refractivity contribution in [2.24, 2.45) is 0 Å². The van der Waals surface area contributed by atoms with E-state index in [-0.39, 0.29) is 42.5 Å². The van der Waals surface area contributed by atoms with Crippen molar-refractivity contribution in [1.82, 2.24) is 15.1 Å². The molecule has 10 heteroatoms. The van der Waals surface area contributed by atoms with Crippen molar-refractivity contribution < 1.29 is 28.7 Å². The van der Waals surface area contributed by atoms with Crippen molar-refractivity contribution in [3.05, 3.63) is 72.1 Å². The fourth-order valence-corrected chi connectivity index (χ4v) is 4.39. The lowest BCUT2D eigenvalue weighted by Gasteiger charge is -2.38. The number of rotatable bonds is 6. The number of nitrogens with zero attached hydrogens (tertiary/aromatic N) is 2. The lowest BCUT2D eigenvalue weighted by Crippen LogP contribution is -2.56. The number of likely N-dealkylation sites (tertiary alicyclic amines) is 1. The SMILES string of the molecule is C=C(NC(=O)C(=C)N1Cc2c(cccc2-c2ccc3c(c2)OCC(=O)N3)C1=O)C(=O)N1CC(OC)C1. The van der Waals surface area contributed by atoms with Crippen LogP contribution in [0.3, 0.4) is 0 Å². The molecule has 10 nitrogen and oxygen atoms in total. The normalized spacial score (nSPS) is 16.4. The zero-order chi connectivity index (χ0) is 25.6. The number of amides is 4. The van der Waals surface area contributed by atoms with Crippen LogP contribution in [0.25, 0.3) is 11.1 Å². The van der Waals surface area contributed by atoms with Gasteiger partial charge in [0.25, 0.3) is 23.6 Å². The molecule has 36 heavy (non-hydrogen) atoms. The number of carbonyl (C=O) groups excluding carboxylic acids is 4. The van der Waals surface area contributed by atoms with Gasteiger partial charge in [-0.2, -0.15) is 0 Å². The molecule has 0 saturated carbocycles. The van der Waals surface area contributed by atoms with E-state index in [1.807, 2.05) is 12.1 Å². The molecule has 2 aromatic rings. The predicted molar refractivity (Wildman–Crippen MR) is 130 cm³/mol. The van der Waals surface area contributed by atoms with E-state index in [9.17, 15) is 19.2 Å². The molecule has 5 rings (SSSR count). The van der Waals surface area contributed by atoms with Gasteiger partial charge in [0.15, 0.2) is 6.61 Å². The largest absolute Gasteiger partial charge is 0.482 e. The Morgan fingerprint density at radius 1 is 1.14 bits per heavy atom. The van der Waals surface area contributed by atoms with Gasteiger partial charge in [0.1, 0.15) is 11.4 Å². The first-order valence-electron chi connectivity index (χ1n) is 11.3. The van der Waals surface area contributed by atoms with Gasteiger partial charge >= 0.3 is 0 Å². The molecule has 3 heterocycles. The van der Waals surface area contributed by atoms with E-state index in [1.54, 1.807) is 31.4 Å². The second-order valence-electron chi connectivity index (χ2n) is 8.72. The summed E-state index contributed by atoms with van der Waals surface area (Å²) in [5.74, 6) is -1.14. The van der Waals surface area contributed by atoms with Crippen LogP contribution < -0.4 is 15.4 Å². The second kappa shape index (κ2) is 8.97. The third-order valence-electron chi connectivity index (χ3n) is 6.47. The van der Waals surface area contributed by atoms with E-state index in [0.717, 1.165) is 16.7 Å². The molecule has 2 aromatic carbocycles. The van der Waals surface area contributed by atoms with Gasteiger partial charge < -0.3 is 25.0 Å². The number of fused-ring (bicyclic) bond motifs is 2. The first kappa shape index (κ1) is 23.3. The van der Waals surface area contributed by atoms with Crippen molar-refractivity contribution in [2.45, 2.75) is 12.6 Å². The van der Waals surface area contributed by atoms with E-state index in [0.29, 0.717) is 30.1 Å². The predicted octanol–water partition coefficient (Wildman–Crippen LogP) is 1.64. The maximum absolute atomic E-state index is 13.1. The third kappa shape index (κ3) is 4.01. The van der Waals surface area contributed by atoms with Crippen LogP contribution in [-0.2, 0) is 25.7 Å². The van der Waals surface area contributed by atoms with Crippen molar-refractivity contribution in [2.75, 3.05) is 32.1 Å². The highest BCUT2D eigenvalue weighted by atomic mass is 16.5. The average Bonchev–Trinajstić information content (AvgIpc) is 3.18. The maximum Gasteiger partial charge on any atom is 0.271 e. The molecule has 1 saturated heterocycles. The molecule has 3 aliphatic heterocycles. The number of carbonyl (C=O) groups is 4. The fourth-order valence-electron chi connectivity index (χ4n) is 4.39. The van der Waals surface area contributed by atoms with Crippen molar-refractivity contribution in [3.8, 4) is 16.9 Å². The highest BCUT2D eigenvalue weighted by Gasteiger charge is 2.35. The van der Waals surface area contributed by atoms with E-state index in [4.69, 9.17) is 9.47 Å². The molecule has 3 aliphatic rings. The summed E-state index contributed by atoms with van der Waals surface area (Å²) in [5.41, 5.74) is 3.18. The Labute approximate surface area is 207 Å². The molecule has 0 atom stereocenters. The van der Waals surface area contributed by atoms with Gasteiger partial charge in [-0.3, -0.25) is 24.1 Å².